The Hall–Kier alpha value is -2.51. The molecule has 22 heavy (non-hydrogen) atoms. The second-order valence-electron chi connectivity index (χ2n) is 4.44. The van der Waals surface area contributed by atoms with Gasteiger partial charge in [0.15, 0.2) is 6.04 Å². The van der Waals surface area contributed by atoms with Gasteiger partial charge in [-0.3, -0.25) is 4.79 Å². The average molecular weight is 319 g/mol. The standard InChI is InChI=1S/C15H13NO5S/c17-10-13(15(18)19)16-22(20,21)14-9-5-4-8-12(14)11-6-2-1-3-7-11/h1-10,13,16H,(H,18,19)/t13-/m1/s1. The molecular weight excluding hydrogens is 306 g/mol. The van der Waals surface area contributed by atoms with Crippen LogP contribution in [0.1, 0.15) is 0 Å². The van der Waals surface area contributed by atoms with Crippen LogP contribution in [0.2, 0.25) is 0 Å². The van der Waals surface area contributed by atoms with Crippen LogP contribution in [0.15, 0.2) is 59.5 Å². The lowest BCUT2D eigenvalue weighted by molar-refractivity contribution is -0.140. The molecule has 0 bridgehead atoms. The van der Waals surface area contributed by atoms with Gasteiger partial charge in [0.2, 0.25) is 10.0 Å². The van der Waals surface area contributed by atoms with Gasteiger partial charge in [0.1, 0.15) is 6.29 Å². The first-order valence-corrected chi connectivity index (χ1v) is 7.79. The van der Waals surface area contributed by atoms with E-state index in [0.29, 0.717) is 11.1 Å². The van der Waals surface area contributed by atoms with Gasteiger partial charge in [0.05, 0.1) is 4.90 Å². The number of nitrogens with one attached hydrogen (secondary N) is 1. The summed E-state index contributed by atoms with van der Waals surface area (Å²) in [5, 5.41) is 8.81. The Morgan fingerprint density at radius 3 is 2.23 bits per heavy atom. The number of carbonyl (C=O) groups excluding carboxylic acids is 1. The molecule has 0 spiro atoms. The first kappa shape index (κ1) is 15.9. The zero-order valence-corrected chi connectivity index (χ0v) is 12.2. The molecule has 0 aromatic heterocycles. The Labute approximate surface area is 127 Å². The normalized spacial score (nSPS) is 12.5. The number of carbonyl (C=O) groups is 2. The first-order valence-electron chi connectivity index (χ1n) is 6.30. The van der Waals surface area contributed by atoms with E-state index in [-0.39, 0.29) is 11.2 Å². The smallest absolute Gasteiger partial charge is 0.329 e. The van der Waals surface area contributed by atoms with Gasteiger partial charge in [-0.25, -0.2) is 8.42 Å². The summed E-state index contributed by atoms with van der Waals surface area (Å²) in [5.74, 6) is -1.56. The number of sulfonamides is 1. The van der Waals surface area contributed by atoms with Gasteiger partial charge in [-0.05, 0) is 11.6 Å². The molecule has 2 rings (SSSR count). The van der Waals surface area contributed by atoms with E-state index in [1.165, 1.54) is 12.1 Å². The Morgan fingerprint density at radius 2 is 1.64 bits per heavy atom. The van der Waals surface area contributed by atoms with Gasteiger partial charge >= 0.3 is 5.97 Å². The fourth-order valence-electron chi connectivity index (χ4n) is 1.92. The van der Waals surface area contributed by atoms with Gasteiger partial charge in [0.25, 0.3) is 0 Å². The highest BCUT2D eigenvalue weighted by molar-refractivity contribution is 7.89. The van der Waals surface area contributed by atoms with Crippen LogP contribution in [0.3, 0.4) is 0 Å². The number of aldehydes is 1. The molecule has 114 valence electrons. The largest absolute Gasteiger partial charge is 0.480 e. The third-order valence-corrected chi connectivity index (χ3v) is 4.44. The van der Waals surface area contributed by atoms with E-state index in [1.54, 1.807) is 42.5 Å². The zero-order valence-electron chi connectivity index (χ0n) is 11.3. The molecule has 0 amide bonds. The lowest BCUT2D eigenvalue weighted by atomic mass is 10.1. The van der Waals surface area contributed by atoms with Crippen molar-refractivity contribution in [2.45, 2.75) is 10.9 Å². The molecule has 0 aliphatic rings. The molecule has 0 saturated heterocycles. The van der Waals surface area contributed by atoms with Crippen molar-refractivity contribution in [3.05, 3.63) is 54.6 Å². The minimum absolute atomic E-state index is 0.0328. The summed E-state index contributed by atoms with van der Waals surface area (Å²) in [6, 6.07) is 13.1. The Morgan fingerprint density at radius 1 is 1.05 bits per heavy atom. The van der Waals surface area contributed by atoms with Crippen molar-refractivity contribution in [1.29, 1.82) is 0 Å². The first-order chi connectivity index (χ1) is 10.5. The molecule has 2 aromatic carbocycles. The fraction of sp³-hybridized carbons (Fsp3) is 0.0667. The second kappa shape index (κ2) is 6.50. The summed E-state index contributed by atoms with van der Waals surface area (Å²) in [5.41, 5.74) is 1.09. The van der Waals surface area contributed by atoms with Gasteiger partial charge in [-0.15, -0.1) is 0 Å². The third kappa shape index (κ3) is 3.38. The molecule has 7 heteroatoms. The number of rotatable bonds is 6. The molecule has 0 radical (unpaired) electrons. The van der Waals surface area contributed by atoms with Gasteiger partial charge in [-0.2, -0.15) is 4.72 Å². The highest BCUT2D eigenvalue weighted by Gasteiger charge is 2.26. The summed E-state index contributed by atoms with van der Waals surface area (Å²) in [6.45, 7) is 0. The van der Waals surface area contributed by atoms with Crippen LogP contribution in [0.25, 0.3) is 11.1 Å². The second-order valence-corrected chi connectivity index (χ2v) is 6.12. The van der Waals surface area contributed by atoms with Crippen molar-refractivity contribution >= 4 is 22.3 Å². The maximum Gasteiger partial charge on any atom is 0.329 e. The lowest BCUT2D eigenvalue weighted by Crippen LogP contribution is -2.41. The number of aliphatic carboxylic acids is 1. The van der Waals surface area contributed by atoms with Crippen molar-refractivity contribution < 1.29 is 23.1 Å². The molecular formula is C15H13NO5S. The predicted molar refractivity (Wildman–Crippen MR) is 79.7 cm³/mol. The minimum atomic E-state index is -4.16. The molecule has 0 aliphatic heterocycles. The fourth-order valence-corrected chi connectivity index (χ4v) is 3.27. The molecule has 0 saturated carbocycles. The average Bonchev–Trinajstić information content (AvgIpc) is 2.53. The van der Waals surface area contributed by atoms with E-state index in [2.05, 4.69) is 0 Å². The monoisotopic (exact) mass is 319 g/mol. The molecule has 6 nitrogen and oxygen atoms in total. The van der Waals surface area contributed by atoms with Gasteiger partial charge in [-0.1, -0.05) is 48.5 Å². The van der Waals surface area contributed by atoms with Gasteiger partial charge in [0, 0.05) is 5.56 Å². The van der Waals surface area contributed by atoms with Crippen LogP contribution in [0.4, 0.5) is 0 Å². The van der Waals surface area contributed by atoms with E-state index in [0.717, 1.165) is 0 Å². The zero-order chi connectivity index (χ0) is 16.2. The number of carboxylic acids is 1. The number of hydrogen-bond acceptors (Lipinski definition) is 4. The summed E-state index contributed by atoms with van der Waals surface area (Å²) >= 11 is 0. The molecule has 0 aliphatic carbocycles. The summed E-state index contributed by atoms with van der Waals surface area (Å²) in [6.07, 6.45) is 0.0328. The van der Waals surface area contributed by atoms with Crippen LogP contribution in [-0.2, 0) is 19.6 Å². The molecule has 0 unspecified atom stereocenters. The van der Waals surface area contributed by atoms with Crippen LogP contribution in [0, 0.1) is 0 Å². The Bertz CT molecular complexity index is 787. The van der Waals surface area contributed by atoms with Crippen molar-refractivity contribution in [3.63, 3.8) is 0 Å². The number of hydrogen-bond donors (Lipinski definition) is 2. The van der Waals surface area contributed by atoms with Crippen LogP contribution in [0.5, 0.6) is 0 Å². The number of benzene rings is 2. The quantitative estimate of drug-likeness (QED) is 0.617. The van der Waals surface area contributed by atoms with Crippen LogP contribution < -0.4 is 4.72 Å². The summed E-state index contributed by atoms with van der Waals surface area (Å²) < 4.78 is 26.6. The van der Waals surface area contributed by atoms with Crippen molar-refractivity contribution in [1.82, 2.24) is 4.72 Å². The molecule has 2 aromatic rings. The maximum atomic E-state index is 12.4. The van der Waals surface area contributed by atoms with Crippen molar-refractivity contribution in [3.8, 4) is 11.1 Å². The van der Waals surface area contributed by atoms with Crippen LogP contribution >= 0.6 is 0 Å². The predicted octanol–water partition coefficient (Wildman–Crippen LogP) is 1.28. The lowest BCUT2D eigenvalue weighted by Gasteiger charge is -2.13. The molecule has 0 fully saturated rings. The SMILES string of the molecule is O=C[C@@H](NS(=O)(=O)c1ccccc1-c1ccccc1)C(=O)O. The highest BCUT2D eigenvalue weighted by Crippen LogP contribution is 2.26. The van der Waals surface area contributed by atoms with E-state index in [9.17, 15) is 18.0 Å². The van der Waals surface area contributed by atoms with Crippen LogP contribution in [-0.4, -0.2) is 31.8 Å². The Kier molecular flexibility index (Phi) is 4.69. The van der Waals surface area contributed by atoms with Gasteiger partial charge < -0.3 is 9.90 Å². The van der Waals surface area contributed by atoms with E-state index >= 15 is 0 Å². The van der Waals surface area contributed by atoms with E-state index in [1.807, 2.05) is 4.72 Å². The Balaban J connectivity index is 2.49. The maximum absolute atomic E-state index is 12.4. The highest BCUT2D eigenvalue weighted by atomic mass is 32.2. The topological polar surface area (TPSA) is 101 Å². The third-order valence-electron chi connectivity index (χ3n) is 2.95. The number of carboxylic acid groups (broad SMARTS) is 1. The van der Waals surface area contributed by atoms with E-state index in [4.69, 9.17) is 5.11 Å². The molecule has 2 N–H and O–H groups in total. The summed E-state index contributed by atoms with van der Waals surface area (Å²) in [4.78, 5) is 21.5. The van der Waals surface area contributed by atoms with Crippen molar-refractivity contribution in [2.24, 2.45) is 0 Å². The van der Waals surface area contributed by atoms with Crippen molar-refractivity contribution in [2.75, 3.05) is 0 Å². The van der Waals surface area contributed by atoms with E-state index < -0.39 is 22.0 Å². The summed E-state index contributed by atoms with van der Waals surface area (Å²) in [7, 11) is -4.16. The molecule has 0 heterocycles. The molecule has 1 atom stereocenters. The minimum Gasteiger partial charge on any atom is -0.480 e.